The van der Waals surface area contributed by atoms with Crippen LogP contribution in [-0.2, 0) is 4.79 Å². The van der Waals surface area contributed by atoms with Gasteiger partial charge in [0.25, 0.3) is 0 Å². The van der Waals surface area contributed by atoms with E-state index in [1.807, 2.05) is 0 Å². The maximum Gasteiger partial charge on any atom is 0.449 e. The number of unbranched alkanes of at least 4 members (excludes halogenated alkanes) is 1. The molecule has 0 atom stereocenters. The van der Waals surface area contributed by atoms with Crippen molar-refractivity contribution >= 4 is 5.78 Å². The van der Waals surface area contributed by atoms with E-state index in [0.29, 0.717) is 0 Å². The molecule has 7 heteroatoms. The number of ketones is 1. The van der Waals surface area contributed by atoms with Crippen molar-refractivity contribution in [3.63, 3.8) is 0 Å². The molecule has 19 heavy (non-hydrogen) atoms. The van der Waals surface area contributed by atoms with E-state index in [4.69, 9.17) is 4.74 Å². The highest BCUT2D eigenvalue weighted by Gasteiger charge is 2.37. The monoisotopic (exact) mass is 282 g/mol. The normalized spacial score (nSPS) is 11.4. The van der Waals surface area contributed by atoms with Crippen LogP contribution in [0.3, 0.4) is 0 Å². The molecule has 0 saturated carbocycles. The molecule has 0 aliphatic carbocycles. The quantitative estimate of drug-likeness (QED) is 0.588. The van der Waals surface area contributed by atoms with Gasteiger partial charge in [-0.1, -0.05) is 6.07 Å². The molecule has 0 aliphatic rings. The van der Waals surface area contributed by atoms with Gasteiger partial charge in [0.05, 0.1) is 6.61 Å². The average Bonchev–Trinajstić information content (AvgIpc) is 2.30. The van der Waals surface area contributed by atoms with Gasteiger partial charge in [-0.2, -0.15) is 13.2 Å². The summed E-state index contributed by atoms with van der Waals surface area (Å²) in [7, 11) is 0. The summed E-state index contributed by atoms with van der Waals surface area (Å²) in [4.78, 5) is 10.5. The molecule has 0 spiro atoms. The zero-order valence-corrected chi connectivity index (χ0v) is 9.77. The van der Waals surface area contributed by atoms with Gasteiger partial charge in [0.1, 0.15) is 0 Å². The molecule has 106 valence electrons. The summed E-state index contributed by atoms with van der Waals surface area (Å²) in [5.74, 6) is -4.15. The zero-order valence-electron chi connectivity index (χ0n) is 9.77. The number of ether oxygens (including phenoxy) is 1. The molecule has 1 aromatic carbocycles. The van der Waals surface area contributed by atoms with Crippen LogP contribution in [0.4, 0.5) is 22.0 Å². The van der Waals surface area contributed by atoms with Crippen molar-refractivity contribution < 1.29 is 31.5 Å². The van der Waals surface area contributed by atoms with Crippen molar-refractivity contribution in [2.75, 3.05) is 6.61 Å². The lowest BCUT2D eigenvalue weighted by Gasteiger charge is -2.08. The highest BCUT2D eigenvalue weighted by molar-refractivity contribution is 5.83. The smallest absolute Gasteiger partial charge is 0.449 e. The van der Waals surface area contributed by atoms with E-state index in [-0.39, 0.29) is 19.4 Å². The summed E-state index contributed by atoms with van der Waals surface area (Å²) in [6.07, 6.45) is -5.46. The van der Waals surface area contributed by atoms with Gasteiger partial charge in [-0.25, -0.2) is 8.78 Å². The van der Waals surface area contributed by atoms with Gasteiger partial charge in [0.2, 0.25) is 5.78 Å². The second kappa shape index (κ2) is 6.49. The molecule has 0 aliphatic heterocycles. The Bertz CT molecular complexity index is 422. The molecule has 0 bridgehead atoms. The molecule has 0 heterocycles. The van der Waals surface area contributed by atoms with E-state index in [9.17, 15) is 26.7 Å². The van der Waals surface area contributed by atoms with Crippen LogP contribution in [0.25, 0.3) is 0 Å². The second-order valence-electron chi connectivity index (χ2n) is 3.78. The topological polar surface area (TPSA) is 26.3 Å². The lowest BCUT2D eigenvalue weighted by molar-refractivity contribution is -0.171. The van der Waals surface area contributed by atoms with Crippen molar-refractivity contribution in [1.29, 1.82) is 0 Å². The van der Waals surface area contributed by atoms with E-state index >= 15 is 0 Å². The third-order valence-electron chi connectivity index (χ3n) is 2.28. The number of Topliss-reactive ketones (excluding diaryl/α,β-unsaturated/α-hetero) is 1. The number of hydrogen-bond donors (Lipinski definition) is 0. The minimum Gasteiger partial charge on any atom is -0.488 e. The number of alkyl halides is 3. The first kappa shape index (κ1) is 15.4. The molecule has 1 aromatic rings. The summed E-state index contributed by atoms with van der Waals surface area (Å²) in [5.41, 5.74) is 0. The van der Waals surface area contributed by atoms with Gasteiger partial charge >= 0.3 is 6.18 Å². The van der Waals surface area contributed by atoms with Crippen molar-refractivity contribution in [2.24, 2.45) is 0 Å². The Balaban J connectivity index is 2.31. The van der Waals surface area contributed by atoms with Crippen LogP contribution in [0.2, 0.25) is 0 Å². The van der Waals surface area contributed by atoms with Gasteiger partial charge in [0.15, 0.2) is 17.4 Å². The minimum absolute atomic E-state index is 0.0611. The third kappa shape index (κ3) is 4.84. The predicted octanol–water partition coefficient (Wildman–Crippen LogP) is 3.65. The Morgan fingerprint density at radius 2 is 1.68 bits per heavy atom. The molecule has 0 N–H and O–H groups in total. The Hall–Kier alpha value is -1.66. The standard InChI is InChI=1S/C12H11F5O2/c13-8-4-3-5-9(14)11(8)19-7-2-1-6-10(18)12(15,16)17/h3-5H,1-2,6-7H2. The Morgan fingerprint density at radius 3 is 2.21 bits per heavy atom. The van der Waals surface area contributed by atoms with Crippen LogP contribution < -0.4 is 4.74 Å². The summed E-state index contributed by atoms with van der Waals surface area (Å²) >= 11 is 0. The van der Waals surface area contributed by atoms with Crippen LogP contribution in [0.15, 0.2) is 18.2 Å². The number of rotatable bonds is 6. The van der Waals surface area contributed by atoms with E-state index in [0.717, 1.165) is 12.1 Å². The SMILES string of the molecule is O=C(CCCCOc1c(F)cccc1F)C(F)(F)F. The predicted molar refractivity (Wildman–Crippen MR) is 56.8 cm³/mol. The maximum absolute atomic E-state index is 13.1. The number of para-hydroxylation sites is 1. The van der Waals surface area contributed by atoms with Gasteiger partial charge in [0, 0.05) is 6.42 Å². The van der Waals surface area contributed by atoms with Gasteiger partial charge in [-0.3, -0.25) is 4.79 Å². The molecule has 0 amide bonds. The maximum atomic E-state index is 13.1. The number of halogens is 5. The molecular weight excluding hydrogens is 271 g/mol. The van der Waals surface area contributed by atoms with Gasteiger partial charge in [-0.15, -0.1) is 0 Å². The van der Waals surface area contributed by atoms with E-state index in [1.165, 1.54) is 6.07 Å². The first-order valence-corrected chi connectivity index (χ1v) is 5.49. The Kier molecular flexibility index (Phi) is 5.26. The molecule has 0 saturated heterocycles. The fourth-order valence-electron chi connectivity index (χ4n) is 1.32. The van der Waals surface area contributed by atoms with Crippen molar-refractivity contribution in [1.82, 2.24) is 0 Å². The number of benzene rings is 1. The van der Waals surface area contributed by atoms with Crippen LogP contribution in [0, 0.1) is 11.6 Å². The fraction of sp³-hybridized carbons (Fsp3) is 0.417. The molecule has 2 nitrogen and oxygen atoms in total. The van der Waals surface area contributed by atoms with Gasteiger partial charge in [-0.05, 0) is 25.0 Å². The number of carbonyl (C=O) groups is 1. The first-order chi connectivity index (χ1) is 8.82. The van der Waals surface area contributed by atoms with Crippen LogP contribution in [0.1, 0.15) is 19.3 Å². The molecule has 0 aromatic heterocycles. The summed E-state index contributed by atoms with van der Waals surface area (Å²) < 4.78 is 66.5. The lowest BCUT2D eigenvalue weighted by Crippen LogP contribution is -2.22. The zero-order chi connectivity index (χ0) is 14.5. The highest BCUT2D eigenvalue weighted by Crippen LogP contribution is 2.22. The van der Waals surface area contributed by atoms with E-state index < -0.39 is 35.8 Å². The van der Waals surface area contributed by atoms with E-state index in [2.05, 4.69) is 0 Å². The summed E-state index contributed by atoms with van der Waals surface area (Å²) in [6, 6.07) is 3.18. The van der Waals surface area contributed by atoms with Crippen molar-refractivity contribution in [2.45, 2.75) is 25.4 Å². The van der Waals surface area contributed by atoms with Crippen LogP contribution in [-0.4, -0.2) is 18.6 Å². The molecule has 0 fully saturated rings. The molecular formula is C12H11F5O2. The fourth-order valence-corrected chi connectivity index (χ4v) is 1.32. The van der Waals surface area contributed by atoms with Gasteiger partial charge < -0.3 is 4.74 Å². The molecule has 0 unspecified atom stereocenters. The van der Waals surface area contributed by atoms with Crippen molar-refractivity contribution in [3.8, 4) is 5.75 Å². The lowest BCUT2D eigenvalue weighted by atomic mass is 10.2. The number of carbonyl (C=O) groups excluding carboxylic acids is 1. The highest BCUT2D eigenvalue weighted by atomic mass is 19.4. The summed E-state index contributed by atoms with van der Waals surface area (Å²) in [6.45, 7) is -0.164. The Labute approximate surface area is 106 Å². The molecule has 0 radical (unpaired) electrons. The van der Waals surface area contributed by atoms with E-state index in [1.54, 1.807) is 0 Å². The third-order valence-corrected chi connectivity index (χ3v) is 2.28. The second-order valence-corrected chi connectivity index (χ2v) is 3.78. The largest absolute Gasteiger partial charge is 0.488 e. The molecule has 1 rings (SSSR count). The number of hydrogen-bond acceptors (Lipinski definition) is 2. The van der Waals surface area contributed by atoms with Crippen LogP contribution >= 0.6 is 0 Å². The minimum atomic E-state index is -4.83. The average molecular weight is 282 g/mol. The summed E-state index contributed by atoms with van der Waals surface area (Å²) in [5, 5.41) is 0. The Morgan fingerprint density at radius 1 is 1.11 bits per heavy atom. The van der Waals surface area contributed by atoms with Crippen molar-refractivity contribution in [3.05, 3.63) is 29.8 Å². The van der Waals surface area contributed by atoms with Crippen LogP contribution in [0.5, 0.6) is 5.75 Å². The first-order valence-electron chi connectivity index (χ1n) is 5.49.